The van der Waals surface area contributed by atoms with Crippen molar-refractivity contribution in [3.63, 3.8) is 0 Å². The average Bonchev–Trinajstić information content (AvgIpc) is 3.00. The van der Waals surface area contributed by atoms with Crippen LogP contribution >= 0.6 is 0 Å². The lowest BCUT2D eigenvalue weighted by molar-refractivity contribution is -0.686. The lowest BCUT2D eigenvalue weighted by atomic mass is 9.95. The molecule has 1 aromatic heterocycles. The van der Waals surface area contributed by atoms with Gasteiger partial charge in [0, 0.05) is 12.5 Å². The number of rotatable bonds is 6. The van der Waals surface area contributed by atoms with Gasteiger partial charge in [-0.2, -0.15) is 4.57 Å². The van der Waals surface area contributed by atoms with E-state index < -0.39 is 6.09 Å². The fourth-order valence-electron chi connectivity index (χ4n) is 5.25. The zero-order valence-corrected chi connectivity index (χ0v) is 22.6. The zero-order chi connectivity index (χ0) is 27.6. The van der Waals surface area contributed by atoms with Crippen LogP contribution in [0.5, 0.6) is 23.0 Å². The highest BCUT2D eigenvalue weighted by molar-refractivity contribution is 6.00. The standard InChI is InChI=1S/C33H29N2O5/c1-37-29-15-14-22-18-28-26-20-31(39-3)30(38-2)19-23(26)16-17-34(28)21-27(22)32(29)40-33(36)35(24-10-6-4-7-11-24)25-12-8-5-9-13-25/h4-15,18-21H,16-17H2,1-3H3/q+1. The van der Waals surface area contributed by atoms with Crippen molar-refractivity contribution in [2.24, 2.45) is 0 Å². The first kappa shape index (κ1) is 25.2. The van der Waals surface area contributed by atoms with Crippen molar-refractivity contribution in [1.82, 2.24) is 0 Å². The highest BCUT2D eigenvalue weighted by Crippen LogP contribution is 2.41. The summed E-state index contributed by atoms with van der Waals surface area (Å²) in [5.41, 5.74) is 4.72. The van der Waals surface area contributed by atoms with Crippen LogP contribution in [-0.4, -0.2) is 27.4 Å². The molecule has 7 heteroatoms. The molecule has 4 aromatic carbocycles. The normalized spacial score (nSPS) is 11.8. The van der Waals surface area contributed by atoms with Crippen molar-refractivity contribution in [2.45, 2.75) is 13.0 Å². The number of para-hydroxylation sites is 2. The van der Waals surface area contributed by atoms with Gasteiger partial charge in [-0.1, -0.05) is 36.4 Å². The molecule has 0 saturated heterocycles. The average molecular weight is 534 g/mol. The first-order chi connectivity index (χ1) is 19.6. The Bertz CT molecular complexity index is 1660. The summed E-state index contributed by atoms with van der Waals surface area (Å²) in [4.78, 5) is 15.4. The van der Waals surface area contributed by atoms with Gasteiger partial charge >= 0.3 is 6.09 Å². The van der Waals surface area contributed by atoms with Crippen molar-refractivity contribution in [3.05, 3.63) is 103 Å². The number of pyridine rings is 1. The van der Waals surface area contributed by atoms with Crippen LogP contribution in [0.25, 0.3) is 22.0 Å². The Hall–Kier alpha value is -5.04. The molecular weight excluding hydrogens is 504 g/mol. The van der Waals surface area contributed by atoms with E-state index in [-0.39, 0.29) is 0 Å². The molecule has 0 atom stereocenters. The molecule has 0 aliphatic carbocycles. The molecule has 200 valence electrons. The number of aryl methyl sites for hydroxylation is 2. The number of benzene rings is 4. The predicted octanol–water partition coefficient (Wildman–Crippen LogP) is 6.71. The quantitative estimate of drug-likeness (QED) is 0.227. The summed E-state index contributed by atoms with van der Waals surface area (Å²) >= 11 is 0. The SMILES string of the molecule is COc1cc2c(cc1OC)-c1cc3ccc(OC)c(OC(=O)N(c4ccccc4)c4ccccc4)c3c[n+]1CC2. The third-order valence-electron chi connectivity index (χ3n) is 7.21. The molecule has 5 aromatic rings. The lowest BCUT2D eigenvalue weighted by Crippen LogP contribution is -2.40. The van der Waals surface area contributed by atoms with Gasteiger partial charge in [0.05, 0.1) is 43.7 Å². The van der Waals surface area contributed by atoms with Gasteiger partial charge in [0.15, 0.2) is 35.7 Å². The molecule has 7 nitrogen and oxygen atoms in total. The van der Waals surface area contributed by atoms with Crippen molar-refractivity contribution in [2.75, 3.05) is 26.2 Å². The van der Waals surface area contributed by atoms with Crippen LogP contribution in [0.3, 0.4) is 0 Å². The molecule has 2 heterocycles. The van der Waals surface area contributed by atoms with Crippen LogP contribution in [0.2, 0.25) is 0 Å². The van der Waals surface area contributed by atoms with E-state index in [1.807, 2.05) is 91.1 Å². The third-order valence-corrected chi connectivity index (χ3v) is 7.21. The molecule has 0 spiro atoms. The van der Waals surface area contributed by atoms with Gasteiger partial charge in [-0.15, -0.1) is 0 Å². The minimum atomic E-state index is -0.534. The number of carbonyl (C=O) groups excluding carboxylic acids is 1. The van der Waals surface area contributed by atoms with Crippen LogP contribution < -0.4 is 28.4 Å². The van der Waals surface area contributed by atoms with Gasteiger partial charge in [0.2, 0.25) is 5.69 Å². The molecule has 6 rings (SSSR count). The molecule has 1 aliphatic heterocycles. The lowest BCUT2D eigenvalue weighted by Gasteiger charge is -2.23. The first-order valence-corrected chi connectivity index (χ1v) is 13.0. The maximum atomic E-state index is 13.8. The molecule has 1 aliphatic rings. The number of nitrogens with zero attached hydrogens (tertiary/aromatic N) is 2. The highest BCUT2D eigenvalue weighted by atomic mass is 16.6. The van der Waals surface area contributed by atoms with Crippen molar-refractivity contribution in [3.8, 4) is 34.3 Å². The number of methoxy groups -OCH3 is 3. The van der Waals surface area contributed by atoms with E-state index in [4.69, 9.17) is 18.9 Å². The topological polar surface area (TPSA) is 61.1 Å². The number of hydrogen-bond acceptors (Lipinski definition) is 5. The number of ether oxygens (including phenoxy) is 4. The molecule has 0 saturated carbocycles. The third kappa shape index (κ3) is 4.45. The summed E-state index contributed by atoms with van der Waals surface area (Å²) in [6, 6.07) is 28.9. The van der Waals surface area contributed by atoms with Gasteiger partial charge in [-0.05, 0) is 59.5 Å². The summed E-state index contributed by atoms with van der Waals surface area (Å²) in [7, 11) is 4.87. The van der Waals surface area contributed by atoms with Gasteiger partial charge in [0.25, 0.3) is 0 Å². The molecule has 40 heavy (non-hydrogen) atoms. The summed E-state index contributed by atoms with van der Waals surface area (Å²) in [5, 5.41) is 1.70. The Morgan fingerprint density at radius 3 is 2.00 bits per heavy atom. The van der Waals surface area contributed by atoms with Crippen LogP contribution in [0.4, 0.5) is 16.2 Å². The van der Waals surface area contributed by atoms with Crippen LogP contribution in [0, 0.1) is 0 Å². The fourth-order valence-corrected chi connectivity index (χ4v) is 5.25. The first-order valence-electron chi connectivity index (χ1n) is 13.0. The summed E-state index contributed by atoms with van der Waals surface area (Å²) in [6.45, 7) is 0.762. The van der Waals surface area contributed by atoms with Crippen molar-refractivity contribution in [1.29, 1.82) is 0 Å². The Balaban J connectivity index is 1.45. The highest BCUT2D eigenvalue weighted by Gasteiger charge is 2.29. The molecule has 1 amide bonds. The Kier molecular flexibility index (Phi) is 6.70. The fraction of sp³-hybridized carbons (Fsp3) is 0.152. The van der Waals surface area contributed by atoms with Gasteiger partial charge in [0.1, 0.15) is 0 Å². The summed E-state index contributed by atoms with van der Waals surface area (Å²) < 4.78 is 25.1. The Morgan fingerprint density at radius 2 is 1.38 bits per heavy atom. The van der Waals surface area contributed by atoms with E-state index in [1.165, 1.54) is 5.56 Å². The van der Waals surface area contributed by atoms with Gasteiger partial charge in [-0.3, -0.25) is 0 Å². The van der Waals surface area contributed by atoms with Gasteiger partial charge in [-0.25, -0.2) is 9.69 Å². The molecule has 0 unspecified atom stereocenters. The minimum absolute atomic E-state index is 0.371. The van der Waals surface area contributed by atoms with Crippen LogP contribution in [-0.2, 0) is 13.0 Å². The molecule has 0 radical (unpaired) electrons. The second-order valence-electron chi connectivity index (χ2n) is 9.44. The second kappa shape index (κ2) is 10.6. The number of fused-ring (bicyclic) bond motifs is 4. The number of hydrogen-bond donors (Lipinski definition) is 0. The smallest absolute Gasteiger partial charge is 0.424 e. The van der Waals surface area contributed by atoms with Crippen molar-refractivity contribution >= 4 is 28.2 Å². The maximum Gasteiger partial charge on any atom is 0.424 e. The van der Waals surface area contributed by atoms with E-state index in [0.717, 1.165) is 40.7 Å². The Labute approximate surface area is 232 Å². The van der Waals surface area contributed by atoms with E-state index >= 15 is 0 Å². The molecule has 0 fully saturated rings. The summed E-state index contributed by atoms with van der Waals surface area (Å²) in [6.07, 6.45) is 2.33. The summed E-state index contributed by atoms with van der Waals surface area (Å²) in [5.74, 6) is 2.25. The minimum Gasteiger partial charge on any atom is -0.493 e. The predicted molar refractivity (Wildman–Crippen MR) is 154 cm³/mol. The van der Waals surface area contributed by atoms with E-state index in [1.54, 1.807) is 26.2 Å². The van der Waals surface area contributed by atoms with E-state index in [9.17, 15) is 4.79 Å². The largest absolute Gasteiger partial charge is 0.493 e. The Morgan fingerprint density at radius 1 is 0.750 bits per heavy atom. The monoisotopic (exact) mass is 533 g/mol. The van der Waals surface area contributed by atoms with E-state index in [0.29, 0.717) is 28.6 Å². The van der Waals surface area contributed by atoms with Gasteiger partial charge < -0.3 is 18.9 Å². The second-order valence-corrected chi connectivity index (χ2v) is 9.44. The molecule has 0 bridgehead atoms. The number of amides is 1. The number of aromatic nitrogens is 1. The maximum absolute atomic E-state index is 13.8. The molecule has 0 N–H and O–H groups in total. The zero-order valence-electron chi connectivity index (χ0n) is 22.6. The van der Waals surface area contributed by atoms with E-state index in [2.05, 4.69) is 10.6 Å². The van der Waals surface area contributed by atoms with Crippen LogP contribution in [0.1, 0.15) is 5.56 Å². The number of carbonyl (C=O) groups is 1. The number of anilines is 2. The van der Waals surface area contributed by atoms with Crippen LogP contribution in [0.15, 0.2) is 97.2 Å². The molecular formula is C33H29N2O5+. The van der Waals surface area contributed by atoms with Crippen molar-refractivity contribution < 1.29 is 28.3 Å².